The molecule has 3 amide bonds. The Bertz CT molecular complexity index is 856. The first-order valence-corrected chi connectivity index (χ1v) is 7.39. The third kappa shape index (κ3) is 2.78. The number of imide groups is 1. The molecule has 0 saturated heterocycles. The number of halogens is 1. The van der Waals surface area contributed by atoms with E-state index >= 15 is 0 Å². The van der Waals surface area contributed by atoms with Crippen LogP contribution < -0.4 is 5.32 Å². The zero-order chi connectivity index (χ0) is 17.4. The van der Waals surface area contributed by atoms with Crippen LogP contribution in [-0.2, 0) is 4.79 Å². The van der Waals surface area contributed by atoms with Gasteiger partial charge in [0.25, 0.3) is 11.8 Å². The zero-order valence-electron chi connectivity index (χ0n) is 13.2. The summed E-state index contributed by atoms with van der Waals surface area (Å²) in [4.78, 5) is 37.3. The molecule has 0 unspecified atom stereocenters. The van der Waals surface area contributed by atoms with Gasteiger partial charge in [-0.3, -0.25) is 19.3 Å². The largest absolute Gasteiger partial charge is 0.325 e. The molecule has 0 aliphatic carbocycles. The smallest absolute Gasteiger partial charge is 0.265 e. The summed E-state index contributed by atoms with van der Waals surface area (Å²) < 4.78 is 13.8. The van der Waals surface area contributed by atoms with Crippen molar-refractivity contribution in [2.75, 3.05) is 11.9 Å². The van der Waals surface area contributed by atoms with Crippen LogP contribution in [0.1, 0.15) is 31.8 Å². The SMILES string of the molecule is Cc1cc(C)cc(NC(=O)CN2C(=O)c3cccc(F)c3C2=O)c1. The molecule has 3 rings (SSSR count). The lowest BCUT2D eigenvalue weighted by molar-refractivity contribution is -0.116. The second-order valence-corrected chi connectivity index (χ2v) is 5.78. The average Bonchev–Trinajstić information content (AvgIpc) is 2.72. The monoisotopic (exact) mass is 326 g/mol. The van der Waals surface area contributed by atoms with Crippen LogP contribution in [0.3, 0.4) is 0 Å². The first-order valence-electron chi connectivity index (χ1n) is 7.39. The van der Waals surface area contributed by atoms with Gasteiger partial charge in [0.15, 0.2) is 0 Å². The summed E-state index contributed by atoms with van der Waals surface area (Å²) in [6.07, 6.45) is 0. The average molecular weight is 326 g/mol. The van der Waals surface area contributed by atoms with E-state index in [1.165, 1.54) is 12.1 Å². The van der Waals surface area contributed by atoms with Crippen molar-refractivity contribution in [3.05, 3.63) is 64.5 Å². The van der Waals surface area contributed by atoms with Crippen LogP contribution in [0.25, 0.3) is 0 Å². The Kier molecular flexibility index (Phi) is 3.89. The molecule has 2 aromatic carbocycles. The van der Waals surface area contributed by atoms with Crippen LogP contribution in [0.15, 0.2) is 36.4 Å². The van der Waals surface area contributed by atoms with E-state index in [-0.39, 0.29) is 11.1 Å². The van der Waals surface area contributed by atoms with Crippen LogP contribution in [0.5, 0.6) is 0 Å². The molecule has 1 aliphatic rings. The van der Waals surface area contributed by atoms with E-state index in [1.54, 1.807) is 12.1 Å². The van der Waals surface area contributed by atoms with E-state index in [4.69, 9.17) is 0 Å². The van der Waals surface area contributed by atoms with E-state index < -0.39 is 30.1 Å². The number of fused-ring (bicyclic) bond motifs is 1. The number of carbonyl (C=O) groups is 3. The van der Waals surface area contributed by atoms with Crippen molar-refractivity contribution in [2.45, 2.75) is 13.8 Å². The summed E-state index contributed by atoms with van der Waals surface area (Å²) in [5.41, 5.74) is 2.25. The Morgan fingerprint density at radius 2 is 1.75 bits per heavy atom. The fourth-order valence-electron chi connectivity index (χ4n) is 2.83. The number of rotatable bonds is 3. The Hall–Kier alpha value is -3.02. The molecule has 0 saturated carbocycles. The summed E-state index contributed by atoms with van der Waals surface area (Å²) in [5.74, 6) is -2.73. The van der Waals surface area contributed by atoms with Gasteiger partial charge in [0.1, 0.15) is 12.4 Å². The molecule has 24 heavy (non-hydrogen) atoms. The molecule has 0 atom stereocenters. The summed E-state index contributed by atoms with van der Waals surface area (Å²) >= 11 is 0. The van der Waals surface area contributed by atoms with E-state index in [0.717, 1.165) is 22.1 Å². The van der Waals surface area contributed by atoms with E-state index in [9.17, 15) is 18.8 Å². The van der Waals surface area contributed by atoms with Gasteiger partial charge in [-0.2, -0.15) is 0 Å². The van der Waals surface area contributed by atoms with Crippen LogP contribution in [0.2, 0.25) is 0 Å². The Morgan fingerprint density at radius 3 is 2.38 bits per heavy atom. The standard InChI is InChI=1S/C18H15FN2O3/c1-10-6-11(2)8-12(7-10)20-15(22)9-21-17(23)13-4-3-5-14(19)16(13)18(21)24/h3-8H,9H2,1-2H3,(H,20,22). The lowest BCUT2D eigenvalue weighted by atomic mass is 10.1. The van der Waals surface area contributed by atoms with E-state index in [2.05, 4.69) is 5.32 Å². The summed E-state index contributed by atoms with van der Waals surface area (Å²) in [6, 6.07) is 9.38. The minimum atomic E-state index is -0.788. The minimum absolute atomic E-state index is 0.0146. The van der Waals surface area contributed by atoms with Gasteiger partial charge < -0.3 is 5.32 Å². The molecule has 1 N–H and O–H groups in total. The van der Waals surface area contributed by atoms with Gasteiger partial charge >= 0.3 is 0 Å². The Balaban J connectivity index is 1.77. The van der Waals surface area contributed by atoms with Gasteiger partial charge in [0.2, 0.25) is 5.91 Å². The van der Waals surface area contributed by atoms with Gasteiger partial charge in [-0.25, -0.2) is 4.39 Å². The summed E-state index contributed by atoms with van der Waals surface area (Å²) in [7, 11) is 0. The highest BCUT2D eigenvalue weighted by Gasteiger charge is 2.38. The van der Waals surface area contributed by atoms with Crippen molar-refractivity contribution in [3.8, 4) is 0 Å². The molecule has 0 bridgehead atoms. The lowest BCUT2D eigenvalue weighted by Crippen LogP contribution is -2.37. The van der Waals surface area contributed by atoms with Crippen molar-refractivity contribution in [1.29, 1.82) is 0 Å². The molecule has 0 radical (unpaired) electrons. The molecule has 1 heterocycles. The van der Waals surface area contributed by atoms with Gasteiger partial charge in [0.05, 0.1) is 11.1 Å². The maximum Gasteiger partial charge on any atom is 0.265 e. The van der Waals surface area contributed by atoms with Crippen molar-refractivity contribution in [3.63, 3.8) is 0 Å². The molecule has 1 aliphatic heterocycles. The molecular weight excluding hydrogens is 311 g/mol. The number of hydrogen-bond acceptors (Lipinski definition) is 3. The molecule has 122 valence electrons. The molecule has 0 spiro atoms. The molecular formula is C18H15FN2O3. The third-order valence-corrected chi connectivity index (χ3v) is 3.76. The number of hydrogen-bond donors (Lipinski definition) is 1. The number of aryl methyl sites for hydroxylation is 2. The number of anilines is 1. The van der Waals surface area contributed by atoms with Gasteiger partial charge in [0, 0.05) is 5.69 Å². The van der Waals surface area contributed by atoms with Crippen molar-refractivity contribution in [1.82, 2.24) is 4.90 Å². The van der Waals surface area contributed by atoms with Crippen LogP contribution in [-0.4, -0.2) is 29.2 Å². The van der Waals surface area contributed by atoms with E-state index in [1.807, 2.05) is 19.9 Å². The van der Waals surface area contributed by atoms with Crippen LogP contribution in [0.4, 0.5) is 10.1 Å². The fourth-order valence-corrected chi connectivity index (χ4v) is 2.83. The van der Waals surface area contributed by atoms with Crippen molar-refractivity contribution < 1.29 is 18.8 Å². The fraction of sp³-hybridized carbons (Fsp3) is 0.167. The number of nitrogens with one attached hydrogen (secondary N) is 1. The molecule has 5 nitrogen and oxygen atoms in total. The van der Waals surface area contributed by atoms with Gasteiger partial charge in [-0.05, 0) is 49.2 Å². The zero-order valence-corrected chi connectivity index (χ0v) is 13.2. The predicted octanol–water partition coefficient (Wildman–Crippen LogP) is 2.68. The third-order valence-electron chi connectivity index (χ3n) is 3.76. The first kappa shape index (κ1) is 15.9. The Morgan fingerprint density at radius 1 is 1.08 bits per heavy atom. The highest BCUT2D eigenvalue weighted by atomic mass is 19.1. The molecule has 0 aromatic heterocycles. The quantitative estimate of drug-likeness (QED) is 0.882. The van der Waals surface area contributed by atoms with Gasteiger partial charge in [-0.15, -0.1) is 0 Å². The maximum atomic E-state index is 13.8. The normalized spacial score (nSPS) is 13.2. The topological polar surface area (TPSA) is 66.5 Å². The second-order valence-electron chi connectivity index (χ2n) is 5.78. The highest BCUT2D eigenvalue weighted by molar-refractivity contribution is 6.22. The van der Waals surface area contributed by atoms with Crippen molar-refractivity contribution in [2.24, 2.45) is 0 Å². The number of amides is 3. The minimum Gasteiger partial charge on any atom is -0.325 e. The molecule has 0 fully saturated rings. The Labute approximate surface area is 138 Å². The molecule has 2 aromatic rings. The van der Waals surface area contributed by atoms with Crippen molar-refractivity contribution >= 4 is 23.4 Å². The molecule has 6 heteroatoms. The maximum absolute atomic E-state index is 13.8. The highest BCUT2D eigenvalue weighted by Crippen LogP contribution is 2.25. The number of nitrogens with zero attached hydrogens (tertiary/aromatic N) is 1. The van der Waals surface area contributed by atoms with Gasteiger partial charge in [-0.1, -0.05) is 12.1 Å². The van der Waals surface area contributed by atoms with Crippen LogP contribution in [0, 0.1) is 19.7 Å². The van der Waals surface area contributed by atoms with Crippen LogP contribution >= 0.6 is 0 Å². The lowest BCUT2D eigenvalue weighted by Gasteiger charge is -2.14. The number of benzene rings is 2. The summed E-state index contributed by atoms with van der Waals surface area (Å²) in [5, 5.41) is 2.65. The summed E-state index contributed by atoms with van der Waals surface area (Å²) in [6.45, 7) is 3.34. The first-order chi connectivity index (χ1) is 11.4. The predicted molar refractivity (Wildman–Crippen MR) is 86.3 cm³/mol. The number of carbonyl (C=O) groups excluding carboxylic acids is 3. The van der Waals surface area contributed by atoms with E-state index in [0.29, 0.717) is 5.69 Å². The second kappa shape index (κ2) is 5.88.